The number of carbonyl (C=O) groups excluding carboxylic acids is 1. The van der Waals surface area contributed by atoms with Crippen molar-refractivity contribution in [3.63, 3.8) is 0 Å². The van der Waals surface area contributed by atoms with Crippen LogP contribution in [0.1, 0.15) is 35.4 Å². The third kappa shape index (κ3) is 7.84. The predicted molar refractivity (Wildman–Crippen MR) is 184 cm³/mol. The van der Waals surface area contributed by atoms with Crippen LogP contribution in [0.5, 0.6) is 11.5 Å². The van der Waals surface area contributed by atoms with Gasteiger partial charge in [0.15, 0.2) is 5.75 Å². The number of benzene rings is 3. The second-order valence-corrected chi connectivity index (χ2v) is 12.1. The summed E-state index contributed by atoms with van der Waals surface area (Å²) in [4.78, 5) is 19.3. The highest BCUT2D eigenvalue weighted by Gasteiger charge is 2.44. The largest absolute Gasteiger partial charge is 0.496 e. The number of hydrogen-bond donors (Lipinski definition) is 1. The molecule has 0 bridgehead atoms. The maximum Gasteiger partial charge on any atom is 0.453 e. The molecule has 3 atom stereocenters. The number of alkyl halides is 3. The Morgan fingerprint density at radius 3 is 2.12 bits per heavy atom. The molecule has 6 rings (SSSR count). The number of aromatic nitrogens is 4. The number of ether oxygens (including phenoxy) is 2. The summed E-state index contributed by atoms with van der Waals surface area (Å²) in [6.07, 6.45) is -5.91. The molecule has 1 amide bonds. The monoisotopic (exact) mass is 737 g/mol. The van der Waals surface area contributed by atoms with Crippen molar-refractivity contribution in [1.82, 2.24) is 34.9 Å². The molecule has 16 heteroatoms. The van der Waals surface area contributed by atoms with Crippen molar-refractivity contribution in [1.29, 1.82) is 0 Å². The maximum absolute atomic E-state index is 13.8. The Labute approximate surface area is 300 Å². The number of carbonyl (C=O) groups is 1. The molecule has 0 unspecified atom stereocenters. The van der Waals surface area contributed by atoms with Crippen LogP contribution in [0.4, 0.5) is 13.2 Å². The Kier molecular flexibility index (Phi) is 12.7. The molecule has 270 valence electrons. The molecule has 1 aromatic heterocycles. The van der Waals surface area contributed by atoms with Crippen molar-refractivity contribution in [2.75, 3.05) is 46.9 Å². The van der Waals surface area contributed by atoms with Crippen LogP contribution in [0.2, 0.25) is 0 Å². The highest BCUT2D eigenvalue weighted by atomic mass is 35.5. The minimum absolute atomic E-state index is 0. The average molecular weight is 739 g/mol. The zero-order chi connectivity index (χ0) is 34.0. The second kappa shape index (κ2) is 16.4. The Bertz CT molecular complexity index is 1680. The van der Waals surface area contributed by atoms with Gasteiger partial charge in [-0.2, -0.15) is 17.9 Å². The molecular weight excluding hydrogens is 698 g/mol. The lowest BCUT2D eigenvalue weighted by atomic mass is 9.81. The van der Waals surface area contributed by atoms with Crippen LogP contribution in [0.3, 0.4) is 0 Å². The van der Waals surface area contributed by atoms with E-state index >= 15 is 0 Å². The summed E-state index contributed by atoms with van der Waals surface area (Å²) in [7, 11) is 2.89. The molecule has 0 aliphatic carbocycles. The molecule has 50 heavy (non-hydrogen) atoms. The van der Waals surface area contributed by atoms with Gasteiger partial charge in [-0.05, 0) is 40.6 Å². The number of aliphatic hydroxyl groups is 1. The lowest BCUT2D eigenvalue weighted by molar-refractivity contribution is -0.146. The smallest absolute Gasteiger partial charge is 0.453 e. The SMILES string of the molecule is COc1ccc(-n2nnnc2C(F)(F)F)c(OC)c1CN1C[C@@H]2CN(C(=O)[C@H](C)O)CCN2[C@H](C(c2ccccc2)c2ccccc2)C1.Cl.Cl. The number of fused-ring (bicyclic) bond motifs is 1. The number of rotatable bonds is 9. The fraction of sp³-hybridized carbons (Fsp3) is 0.412. The number of hydrogen-bond acceptors (Lipinski definition) is 9. The number of nitrogens with zero attached hydrogens (tertiary/aromatic N) is 7. The Hall–Kier alpha value is -3.95. The van der Waals surface area contributed by atoms with E-state index < -0.39 is 18.1 Å². The Morgan fingerprint density at radius 2 is 1.56 bits per heavy atom. The van der Waals surface area contributed by atoms with E-state index in [2.05, 4.69) is 49.6 Å². The topological polar surface area (TPSA) is 109 Å². The highest BCUT2D eigenvalue weighted by molar-refractivity contribution is 5.85. The maximum atomic E-state index is 13.8. The summed E-state index contributed by atoms with van der Waals surface area (Å²) in [5.41, 5.74) is 2.86. The molecule has 3 aromatic carbocycles. The number of amides is 1. The third-order valence-corrected chi connectivity index (χ3v) is 9.19. The summed E-state index contributed by atoms with van der Waals surface area (Å²) in [6, 6.07) is 23.5. The lowest BCUT2D eigenvalue weighted by Gasteiger charge is -2.53. The van der Waals surface area contributed by atoms with E-state index in [0.29, 0.717) is 48.7 Å². The number of methoxy groups -OCH3 is 2. The summed E-state index contributed by atoms with van der Waals surface area (Å²) in [5.74, 6) is -1.02. The summed E-state index contributed by atoms with van der Waals surface area (Å²) >= 11 is 0. The van der Waals surface area contributed by atoms with Gasteiger partial charge in [0.2, 0.25) is 0 Å². The fourth-order valence-electron chi connectivity index (χ4n) is 7.14. The Morgan fingerprint density at radius 1 is 0.920 bits per heavy atom. The molecule has 1 N–H and O–H groups in total. The fourth-order valence-corrected chi connectivity index (χ4v) is 7.14. The van der Waals surface area contributed by atoms with Crippen LogP contribution in [-0.2, 0) is 17.5 Å². The quantitative estimate of drug-likeness (QED) is 0.267. The first kappa shape index (κ1) is 38.8. The van der Waals surface area contributed by atoms with Crippen LogP contribution >= 0.6 is 24.8 Å². The van der Waals surface area contributed by atoms with Crippen LogP contribution in [0.15, 0.2) is 72.8 Å². The molecule has 11 nitrogen and oxygen atoms in total. The van der Waals surface area contributed by atoms with Crippen LogP contribution in [0.25, 0.3) is 5.69 Å². The number of aliphatic hydroxyl groups excluding tert-OH is 1. The first-order valence-corrected chi connectivity index (χ1v) is 15.7. The zero-order valence-electron chi connectivity index (χ0n) is 27.7. The van der Waals surface area contributed by atoms with E-state index in [1.165, 1.54) is 27.2 Å². The lowest BCUT2D eigenvalue weighted by Crippen LogP contribution is -2.67. The van der Waals surface area contributed by atoms with Crippen LogP contribution < -0.4 is 9.47 Å². The van der Waals surface area contributed by atoms with Gasteiger partial charge in [-0.15, -0.1) is 29.9 Å². The summed E-state index contributed by atoms with van der Waals surface area (Å²) in [6.45, 7) is 4.43. The van der Waals surface area contributed by atoms with Gasteiger partial charge in [0.25, 0.3) is 11.7 Å². The van der Waals surface area contributed by atoms with Gasteiger partial charge in [-0.1, -0.05) is 60.7 Å². The molecule has 2 saturated heterocycles. The first-order chi connectivity index (χ1) is 23.1. The minimum Gasteiger partial charge on any atom is -0.496 e. The summed E-state index contributed by atoms with van der Waals surface area (Å²) < 4.78 is 53.6. The average Bonchev–Trinajstić information content (AvgIpc) is 3.59. The second-order valence-electron chi connectivity index (χ2n) is 12.1. The van der Waals surface area contributed by atoms with Crippen LogP contribution in [-0.4, -0.2) is 111 Å². The standard InChI is InChI=1S/C34H38F3N7O4.2ClH/c1-22(45)32(46)42-16-17-43-25(19-42)18-41(21-28(43)30(23-10-6-4-7-11-23)24-12-8-5-9-13-24)20-26-29(47-2)15-14-27(31(26)48-3)44-33(34(35,36)37)38-39-40-44;;/h4-15,22,25,28,30,45H,16-21H2,1-3H3;2*1H/t22-,25+,28-;;/m0../s1. The van der Waals surface area contributed by atoms with Gasteiger partial charge >= 0.3 is 6.18 Å². The highest BCUT2D eigenvalue weighted by Crippen LogP contribution is 2.40. The van der Waals surface area contributed by atoms with Crippen molar-refractivity contribution < 1.29 is 32.5 Å². The number of piperazine rings is 2. The van der Waals surface area contributed by atoms with Crippen molar-refractivity contribution in [2.24, 2.45) is 0 Å². The van der Waals surface area contributed by atoms with Gasteiger partial charge in [0.05, 0.1) is 19.8 Å². The van der Waals surface area contributed by atoms with Gasteiger partial charge in [0.1, 0.15) is 17.5 Å². The number of tetrazole rings is 1. The molecular formula is C34H40Cl2F3N7O4. The van der Waals surface area contributed by atoms with E-state index in [4.69, 9.17) is 9.47 Å². The van der Waals surface area contributed by atoms with Crippen molar-refractivity contribution in [3.8, 4) is 17.2 Å². The summed E-state index contributed by atoms with van der Waals surface area (Å²) in [5, 5.41) is 20.3. The molecule has 3 heterocycles. The van der Waals surface area contributed by atoms with E-state index in [0.717, 1.165) is 11.1 Å². The van der Waals surface area contributed by atoms with Gasteiger partial charge in [0, 0.05) is 57.3 Å². The zero-order valence-corrected chi connectivity index (χ0v) is 29.4. The van der Waals surface area contributed by atoms with E-state index in [9.17, 15) is 23.1 Å². The molecule has 0 saturated carbocycles. The van der Waals surface area contributed by atoms with Gasteiger partial charge < -0.3 is 19.5 Å². The normalized spacial score (nSPS) is 18.8. The van der Waals surface area contributed by atoms with E-state index in [-0.39, 0.29) is 66.7 Å². The van der Waals surface area contributed by atoms with Crippen molar-refractivity contribution in [2.45, 2.75) is 43.8 Å². The molecule has 2 aliphatic rings. The molecule has 4 aromatic rings. The minimum atomic E-state index is -4.79. The van der Waals surface area contributed by atoms with Gasteiger partial charge in [-0.3, -0.25) is 14.6 Å². The van der Waals surface area contributed by atoms with E-state index in [1.54, 1.807) is 11.0 Å². The van der Waals surface area contributed by atoms with Crippen molar-refractivity contribution in [3.05, 3.63) is 95.3 Å². The third-order valence-electron chi connectivity index (χ3n) is 9.19. The number of halogens is 5. The van der Waals surface area contributed by atoms with Crippen LogP contribution in [0, 0.1) is 0 Å². The Balaban J connectivity index is 0.00000281. The first-order valence-electron chi connectivity index (χ1n) is 15.7. The van der Waals surface area contributed by atoms with Gasteiger partial charge in [-0.25, -0.2) is 0 Å². The molecule has 0 radical (unpaired) electrons. The van der Waals surface area contributed by atoms with E-state index in [1.807, 2.05) is 36.4 Å². The van der Waals surface area contributed by atoms with Crippen molar-refractivity contribution >= 4 is 30.7 Å². The molecule has 0 spiro atoms. The predicted octanol–water partition coefficient (Wildman–Crippen LogP) is 4.45. The molecule has 2 aliphatic heterocycles. The molecule has 2 fully saturated rings.